The van der Waals surface area contributed by atoms with Gasteiger partial charge in [0, 0.05) is 10.6 Å². The second-order valence-corrected chi connectivity index (χ2v) is 6.46. The first-order valence-corrected chi connectivity index (χ1v) is 8.35. The smallest absolute Gasteiger partial charge is 0.280 e. The lowest BCUT2D eigenvalue weighted by Gasteiger charge is -2.09. The number of nitrogens with zero attached hydrogens (tertiary/aromatic N) is 1. The zero-order valence-electron chi connectivity index (χ0n) is 12.5. The van der Waals surface area contributed by atoms with Gasteiger partial charge in [0.25, 0.3) is 10.0 Å². The summed E-state index contributed by atoms with van der Waals surface area (Å²) in [5.74, 6) is 0.755. The van der Waals surface area contributed by atoms with E-state index in [0.29, 0.717) is 11.3 Å². The Kier molecular flexibility index (Phi) is 5.46. The van der Waals surface area contributed by atoms with Crippen molar-refractivity contribution < 1.29 is 17.9 Å². The Bertz CT molecular complexity index is 822. The van der Waals surface area contributed by atoms with Crippen LogP contribution in [0.15, 0.2) is 52.5 Å². The van der Waals surface area contributed by atoms with E-state index in [0.717, 1.165) is 0 Å². The van der Waals surface area contributed by atoms with Gasteiger partial charge in [-0.3, -0.25) is 0 Å². The summed E-state index contributed by atoms with van der Waals surface area (Å²) in [6, 6.07) is 11.4. The molecule has 122 valence electrons. The van der Waals surface area contributed by atoms with E-state index in [-0.39, 0.29) is 15.7 Å². The number of benzene rings is 2. The number of hydrogen-bond donors (Lipinski definition) is 1. The molecule has 0 atom stereocenters. The Morgan fingerprint density at radius 3 is 2.48 bits per heavy atom. The fraction of sp³-hybridized carbons (Fsp3) is 0.133. The zero-order valence-corrected chi connectivity index (χ0v) is 14.1. The second-order valence-electron chi connectivity index (χ2n) is 4.39. The molecule has 0 aliphatic carbocycles. The molecule has 0 aliphatic rings. The molecular weight excluding hydrogens is 340 g/mol. The molecule has 6 nitrogen and oxygen atoms in total. The summed E-state index contributed by atoms with van der Waals surface area (Å²) in [5, 5.41) is 4.04. The molecular formula is C15H15ClN2O4S. The summed E-state index contributed by atoms with van der Waals surface area (Å²) in [5.41, 5.74) is 0.635. The molecule has 2 aromatic rings. The molecule has 0 fully saturated rings. The largest absolute Gasteiger partial charge is 0.496 e. The number of rotatable bonds is 6. The van der Waals surface area contributed by atoms with Gasteiger partial charge in [0.05, 0.1) is 20.4 Å². The zero-order chi connectivity index (χ0) is 16.9. The van der Waals surface area contributed by atoms with Crippen molar-refractivity contribution in [2.45, 2.75) is 4.90 Å². The number of methoxy groups -OCH3 is 2. The maximum Gasteiger partial charge on any atom is 0.280 e. The molecule has 0 amide bonds. The fourth-order valence-corrected chi connectivity index (χ4v) is 3.07. The SMILES string of the molecule is COc1ccccc1/C=N/NS(=O)(=O)c1cc(Cl)ccc1OC. The van der Waals surface area contributed by atoms with E-state index >= 15 is 0 Å². The first-order chi connectivity index (χ1) is 11.0. The lowest BCUT2D eigenvalue weighted by molar-refractivity contribution is 0.402. The minimum atomic E-state index is -3.91. The molecule has 8 heteroatoms. The summed E-state index contributed by atoms with van der Waals surface area (Å²) in [6.45, 7) is 0. The Hall–Kier alpha value is -2.25. The van der Waals surface area contributed by atoms with Crippen molar-refractivity contribution in [2.24, 2.45) is 5.10 Å². The van der Waals surface area contributed by atoms with E-state index in [4.69, 9.17) is 21.1 Å². The number of halogens is 1. The Morgan fingerprint density at radius 1 is 1.09 bits per heavy atom. The van der Waals surface area contributed by atoms with Crippen LogP contribution in [-0.2, 0) is 10.0 Å². The van der Waals surface area contributed by atoms with Crippen molar-refractivity contribution >= 4 is 27.8 Å². The molecule has 0 radical (unpaired) electrons. The van der Waals surface area contributed by atoms with E-state index in [9.17, 15) is 8.42 Å². The van der Waals surface area contributed by atoms with E-state index in [1.54, 1.807) is 24.3 Å². The van der Waals surface area contributed by atoms with Crippen molar-refractivity contribution in [2.75, 3.05) is 14.2 Å². The molecule has 0 spiro atoms. The number of para-hydroxylation sites is 1. The van der Waals surface area contributed by atoms with E-state index in [2.05, 4.69) is 9.93 Å². The highest BCUT2D eigenvalue weighted by molar-refractivity contribution is 7.89. The van der Waals surface area contributed by atoms with Crippen molar-refractivity contribution in [3.05, 3.63) is 53.1 Å². The predicted octanol–water partition coefficient (Wildman–Crippen LogP) is 2.67. The van der Waals surface area contributed by atoms with E-state index < -0.39 is 10.0 Å². The Balaban J connectivity index is 2.25. The molecule has 2 aromatic carbocycles. The molecule has 0 saturated heterocycles. The quantitative estimate of drug-likeness (QED) is 0.639. The molecule has 0 heterocycles. The normalized spacial score (nSPS) is 11.4. The summed E-state index contributed by atoms with van der Waals surface area (Å²) >= 11 is 5.85. The Labute approximate surface area is 139 Å². The fourth-order valence-electron chi connectivity index (χ4n) is 1.85. The van der Waals surface area contributed by atoms with Crippen LogP contribution in [0.5, 0.6) is 11.5 Å². The average molecular weight is 355 g/mol. The molecule has 0 aromatic heterocycles. The summed E-state index contributed by atoms with van der Waals surface area (Å²) in [4.78, 5) is 2.03. The maximum absolute atomic E-state index is 12.3. The van der Waals surface area contributed by atoms with Crippen LogP contribution < -0.4 is 14.3 Å². The van der Waals surface area contributed by atoms with Crippen LogP contribution in [0.1, 0.15) is 5.56 Å². The molecule has 0 saturated carbocycles. The van der Waals surface area contributed by atoms with Gasteiger partial charge in [-0.25, -0.2) is 0 Å². The molecule has 0 unspecified atom stereocenters. The standard InChI is InChI=1S/C15H15ClN2O4S/c1-21-13-6-4-3-5-11(13)10-17-18-23(19,20)15-9-12(16)7-8-14(15)22-2/h3-10,18H,1-2H3/b17-10+. The van der Waals surface area contributed by atoms with Crippen molar-refractivity contribution in [1.29, 1.82) is 0 Å². The highest BCUT2D eigenvalue weighted by Gasteiger charge is 2.19. The second kappa shape index (κ2) is 7.34. The van der Waals surface area contributed by atoms with Crippen LogP contribution in [-0.4, -0.2) is 28.9 Å². The molecule has 1 N–H and O–H groups in total. The van der Waals surface area contributed by atoms with Gasteiger partial charge in [0.2, 0.25) is 0 Å². The topological polar surface area (TPSA) is 77.0 Å². The minimum absolute atomic E-state index is 0.0929. The summed E-state index contributed by atoms with van der Waals surface area (Å²) < 4.78 is 34.8. The van der Waals surface area contributed by atoms with Crippen LogP contribution in [0.2, 0.25) is 5.02 Å². The molecule has 0 aliphatic heterocycles. The Morgan fingerprint density at radius 2 is 1.78 bits per heavy atom. The van der Waals surface area contributed by atoms with Crippen LogP contribution in [0, 0.1) is 0 Å². The first kappa shape index (κ1) is 17.1. The van der Waals surface area contributed by atoms with Crippen LogP contribution >= 0.6 is 11.6 Å². The lowest BCUT2D eigenvalue weighted by Crippen LogP contribution is -2.19. The van der Waals surface area contributed by atoms with Gasteiger partial charge in [-0.2, -0.15) is 18.4 Å². The lowest BCUT2D eigenvalue weighted by atomic mass is 10.2. The number of ether oxygens (including phenoxy) is 2. The third-order valence-electron chi connectivity index (χ3n) is 2.93. The monoisotopic (exact) mass is 354 g/mol. The van der Waals surface area contributed by atoms with Gasteiger partial charge < -0.3 is 9.47 Å². The van der Waals surface area contributed by atoms with Gasteiger partial charge in [0.15, 0.2) is 0 Å². The molecule has 2 rings (SSSR count). The van der Waals surface area contributed by atoms with Gasteiger partial charge >= 0.3 is 0 Å². The number of nitrogens with one attached hydrogen (secondary N) is 1. The predicted molar refractivity (Wildman–Crippen MR) is 88.9 cm³/mol. The van der Waals surface area contributed by atoms with Crippen LogP contribution in [0.3, 0.4) is 0 Å². The average Bonchev–Trinajstić information content (AvgIpc) is 2.55. The number of hydrazone groups is 1. The van der Waals surface area contributed by atoms with Crippen molar-refractivity contribution in [3.63, 3.8) is 0 Å². The summed E-state index contributed by atoms with van der Waals surface area (Å²) in [7, 11) is -1.02. The van der Waals surface area contributed by atoms with E-state index in [1.165, 1.54) is 38.6 Å². The van der Waals surface area contributed by atoms with Gasteiger partial charge in [-0.05, 0) is 30.3 Å². The third-order valence-corrected chi connectivity index (χ3v) is 4.41. The molecule has 0 bridgehead atoms. The first-order valence-electron chi connectivity index (χ1n) is 6.49. The van der Waals surface area contributed by atoms with Crippen molar-refractivity contribution in [1.82, 2.24) is 4.83 Å². The minimum Gasteiger partial charge on any atom is -0.496 e. The maximum atomic E-state index is 12.3. The number of hydrogen-bond acceptors (Lipinski definition) is 5. The third kappa shape index (κ3) is 4.14. The van der Waals surface area contributed by atoms with Crippen LogP contribution in [0.25, 0.3) is 0 Å². The van der Waals surface area contributed by atoms with Gasteiger partial charge in [-0.15, -0.1) is 0 Å². The van der Waals surface area contributed by atoms with E-state index in [1.807, 2.05) is 0 Å². The molecule has 23 heavy (non-hydrogen) atoms. The van der Waals surface area contributed by atoms with Gasteiger partial charge in [-0.1, -0.05) is 23.7 Å². The van der Waals surface area contributed by atoms with Gasteiger partial charge in [0.1, 0.15) is 16.4 Å². The van der Waals surface area contributed by atoms with Crippen LogP contribution in [0.4, 0.5) is 0 Å². The number of sulfonamides is 1. The van der Waals surface area contributed by atoms with Crippen molar-refractivity contribution in [3.8, 4) is 11.5 Å². The highest BCUT2D eigenvalue weighted by atomic mass is 35.5. The highest BCUT2D eigenvalue weighted by Crippen LogP contribution is 2.26. The summed E-state index contributed by atoms with van der Waals surface area (Å²) in [6.07, 6.45) is 1.35.